The molecule has 0 spiro atoms. The zero-order valence-corrected chi connectivity index (χ0v) is 23.1. The van der Waals surface area contributed by atoms with E-state index in [9.17, 15) is 35.1 Å². The van der Waals surface area contributed by atoms with Crippen LogP contribution in [0.15, 0.2) is 27.6 Å². The summed E-state index contributed by atoms with van der Waals surface area (Å²) in [7, 11) is 0. The maximum absolute atomic E-state index is 13.0. The third-order valence-electron chi connectivity index (χ3n) is 12.0. The molecule has 4 aliphatic carbocycles. The smallest absolute Gasteiger partial charge is 0.335 e. The first kappa shape index (κ1) is 28.5. The largest absolute Gasteiger partial charge is 0.431 e. The van der Waals surface area contributed by atoms with Crippen molar-refractivity contribution in [3.8, 4) is 0 Å². The molecule has 5 fully saturated rings. The average Bonchev–Trinajstić information content (AvgIpc) is 3.21. The maximum Gasteiger partial charge on any atom is 0.335 e. The van der Waals surface area contributed by atoms with E-state index >= 15 is 0 Å². The molecule has 1 aromatic rings. The van der Waals surface area contributed by atoms with E-state index < -0.39 is 64.5 Å². The normalized spacial score (nSPS) is 52.3. The summed E-state index contributed by atoms with van der Waals surface area (Å²) in [6.45, 7) is 3.71. The number of carbonyl (C=O) groups excluding carboxylic acids is 1. The molecule has 6 rings (SSSR count). The predicted octanol–water partition coefficient (Wildman–Crippen LogP) is 1.39. The molecule has 4 saturated carbocycles. The molecule has 1 aliphatic heterocycles. The Labute approximate surface area is 233 Å². The Bertz CT molecular complexity index is 1170. The minimum absolute atomic E-state index is 0.0260. The van der Waals surface area contributed by atoms with Crippen molar-refractivity contribution in [3.05, 3.63) is 34.4 Å². The molecular weight excluding hydrogens is 520 g/mol. The molecule has 10 heteroatoms. The zero-order valence-electron chi connectivity index (χ0n) is 23.1. The third kappa shape index (κ3) is 3.87. The van der Waals surface area contributed by atoms with Crippen molar-refractivity contribution < 1.29 is 44.2 Å². The van der Waals surface area contributed by atoms with Gasteiger partial charge in [-0.2, -0.15) is 0 Å². The van der Waals surface area contributed by atoms with Gasteiger partial charge in [-0.1, -0.05) is 6.92 Å². The second kappa shape index (κ2) is 9.69. The van der Waals surface area contributed by atoms with Crippen LogP contribution in [0, 0.1) is 22.7 Å². The van der Waals surface area contributed by atoms with Crippen LogP contribution < -0.4 is 5.63 Å². The van der Waals surface area contributed by atoms with Crippen LogP contribution in [0.2, 0.25) is 0 Å². The number of carbonyl (C=O) groups is 1. The maximum atomic E-state index is 13.0. The van der Waals surface area contributed by atoms with Crippen molar-refractivity contribution in [1.82, 2.24) is 0 Å². The van der Waals surface area contributed by atoms with Gasteiger partial charge in [0.05, 0.1) is 35.1 Å². The lowest BCUT2D eigenvalue weighted by molar-refractivity contribution is -0.317. The van der Waals surface area contributed by atoms with Gasteiger partial charge in [-0.3, -0.25) is 0 Å². The van der Waals surface area contributed by atoms with E-state index in [0.717, 1.165) is 18.3 Å². The van der Waals surface area contributed by atoms with E-state index in [1.165, 1.54) is 12.3 Å². The van der Waals surface area contributed by atoms with Crippen molar-refractivity contribution in [1.29, 1.82) is 0 Å². The van der Waals surface area contributed by atoms with Gasteiger partial charge >= 0.3 is 5.63 Å². The van der Waals surface area contributed by atoms with Gasteiger partial charge in [0.25, 0.3) is 0 Å². The first-order chi connectivity index (χ1) is 18.9. The van der Waals surface area contributed by atoms with Gasteiger partial charge in [0.15, 0.2) is 6.29 Å². The second-order valence-electron chi connectivity index (χ2n) is 13.5. The SMILES string of the molecule is C[C@@H]1O[C@@H](O[C@H]2CC[C@]3(C=O)[C@H]4CC[C@]5(C)[C@@H](c6ccc(=O)oc6)CC[C@]5(O)[C@@H]4CC[C@]3(O)C2)[C@H](O)[C@H](O)[C@H]1O. The summed E-state index contributed by atoms with van der Waals surface area (Å²) in [5, 5.41) is 55.1. The Morgan fingerprint density at radius 2 is 1.70 bits per heavy atom. The number of aliphatic hydroxyl groups excluding tert-OH is 3. The third-order valence-corrected chi connectivity index (χ3v) is 12.0. The summed E-state index contributed by atoms with van der Waals surface area (Å²) in [4.78, 5) is 24.5. The van der Waals surface area contributed by atoms with Crippen molar-refractivity contribution in [2.75, 3.05) is 0 Å². The summed E-state index contributed by atoms with van der Waals surface area (Å²) < 4.78 is 16.8. The Hall–Kier alpha value is -1.66. The molecule has 222 valence electrons. The minimum atomic E-state index is -1.44. The molecule has 13 atom stereocenters. The molecule has 5 N–H and O–H groups in total. The van der Waals surface area contributed by atoms with Crippen LogP contribution in [-0.4, -0.2) is 79.8 Å². The van der Waals surface area contributed by atoms with Gasteiger partial charge in [0.2, 0.25) is 0 Å². The average molecular weight is 563 g/mol. The molecule has 1 saturated heterocycles. The van der Waals surface area contributed by atoms with Gasteiger partial charge < -0.3 is 44.2 Å². The molecule has 5 aliphatic rings. The summed E-state index contributed by atoms with van der Waals surface area (Å²) in [5.74, 6) is -0.322. The van der Waals surface area contributed by atoms with Gasteiger partial charge in [0, 0.05) is 17.9 Å². The second-order valence-corrected chi connectivity index (χ2v) is 13.5. The number of aliphatic hydroxyl groups is 5. The topological polar surface area (TPSA) is 167 Å². The van der Waals surface area contributed by atoms with E-state index in [2.05, 4.69) is 6.92 Å². The standard InChI is InChI=1S/C30H42O10/c1-16-23(33)24(34)25(35)26(39-16)40-18-5-10-28(15-31)20-6-9-27(2)19(17-3-4-22(32)38-14-17)8-12-30(27,37)21(20)7-11-29(28,36)13-18/h3-4,14-16,18-21,23-26,33-37H,5-13H2,1-2H3/t16-,18-,19+,20-,21+,23-,24+,25+,26-,27+,28-,29-,30-/m0/s1. The molecule has 40 heavy (non-hydrogen) atoms. The van der Waals surface area contributed by atoms with Crippen molar-refractivity contribution >= 4 is 6.29 Å². The Kier molecular flexibility index (Phi) is 6.89. The van der Waals surface area contributed by atoms with Gasteiger partial charge in [-0.15, -0.1) is 0 Å². The predicted molar refractivity (Wildman–Crippen MR) is 140 cm³/mol. The Morgan fingerprint density at radius 1 is 0.950 bits per heavy atom. The van der Waals surface area contributed by atoms with Crippen LogP contribution in [0.1, 0.15) is 83.1 Å². The first-order valence-corrected chi connectivity index (χ1v) is 14.7. The van der Waals surface area contributed by atoms with E-state index in [0.29, 0.717) is 44.9 Å². The van der Waals surface area contributed by atoms with Crippen molar-refractivity contribution in [3.63, 3.8) is 0 Å². The molecule has 0 amide bonds. The van der Waals surface area contributed by atoms with Crippen LogP contribution in [-0.2, 0) is 14.3 Å². The fourth-order valence-corrected chi connectivity index (χ4v) is 9.67. The summed E-state index contributed by atoms with van der Waals surface area (Å²) in [5.41, 5.74) is -3.34. The number of hydrogen-bond donors (Lipinski definition) is 5. The Morgan fingerprint density at radius 3 is 2.40 bits per heavy atom. The van der Waals surface area contributed by atoms with Crippen LogP contribution in [0.3, 0.4) is 0 Å². The van der Waals surface area contributed by atoms with E-state index in [1.54, 1.807) is 13.0 Å². The number of hydrogen-bond acceptors (Lipinski definition) is 10. The fourth-order valence-electron chi connectivity index (χ4n) is 9.67. The molecule has 2 heterocycles. The van der Waals surface area contributed by atoms with Gasteiger partial charge in [-0.05, 0) is 87.7 Å². The molecule has 0 radical (unpaired) electrons. The minimum Gasteiger partial charge on any atom is -0.431 e. The molecular formula is C30H42O10. The number of ether oxygens (including phenoxy) is 2. The van der Waals surface area contributed by atoms with Crippen LogP contribution in [0.5, 0.6) is 0 Å². The van der Waals surface area contributed by atoms with E-state index in [-0.39, 0.29) is 24.2 Å². The lowest BCUT2D eigenvalue weighted by atomic mass is 9.41. The lowest BCUT2D eigenvalue weighted by Crippen LogP contribution is -2.69. The monoisotopic (exact) mass is 562 g/mol. The lowest BCUT2D eigenvalue weighted by Gasteiger charge is -2.65. The molecule has 1 aromatic heterocycles. The molecule has 0 aromatic carbocycles. The highest BCUT2D eigenvalue weighted by Gasteiger charge is 2.71. The van der Waals surface area contributed by atoms with Gasteiger partial charge in [0.1, 0.15) is 24.6 Å². The van der Waals surface area contributed by atoms with Crippen molar-refractivity contribution in [2.45, 2.75) is 126 Å². The van der Waals surface area contributed by atoms with Crippen LogP contribution >= 0.6 is 0 Å². The summed E-state index contributed by atoms with van der Waals surface area (Å²) in [6.07, 6.45) is 0.559. The molecule has 0 bridgehead atoms. The van der Waals surface area contributed by atoms with E-state index in [1.807, 2.05) is 0 Å². The zero-order chi connectivity index (χ0) is 28.7. The number of fused-ring (bicyclic) bond motifs is 5. The fraction of sp³-hybridized carbons (Fsp3) is 0.800. The van der Waals surface area contributed by atoms with Crippen LogP contribution in [0.25, 0.3) is 0 Å². The molecule has 0 unspecified atom stereocenters. The number of rotatable bonds is 4. The van der Waals surface area contributed by atoms with Crippen molar-refractivity contribution in [2.24, 2.45) is 22.7 Å². The molecule has 10 nitrogen and oxygen atoms in total. The summed E-state index contributed by atoms with van der Waals surface area (Å²) in [6, 6.07) is 3.21. The first-order valence-electron chi connectivity index (χ1n) is 14.7. The quantitative estimate of drug-likeness (QED) is 0.267. The highest BCUT2D eigenvalue weighted by molar-refractivity contribution is 5.64. The Balaban J connectivity index is 1.23. The highest BCUT2D eigenvalue weighted by Crippen LogP contribution is 2.71. The number of aldehydes is 1. The summed E-state index contributed by atoms with van der Waals surface area (Å²) >= 11 is 0. The van der Waals surface area contributed by atoms with E-state index in [4.69, 9.17) is 13.9 Å². The van der Waals surface area contributed by atoms with Gasteiger partial charge in [-0.25, -0.2) is 4.79 Å². The highest BCUT2D eigenvalue weighted by atomic mass is 16.7. The van der Waals surface area contributed by atoms with Crippen LogP contribution in [0.4, 0.5) is 0 Å².